The third-order valence-corrected chi connectivity index (χ3v) is 3.27. The van der Waals surface area contributed by atoms with Crippen molar-refractivity contribution in [1.82, 2.24) is 5.32 Å². The summed E-state index contributed by atoms with van der Waals surface area (Å²) in [6, 6.07) is 6.07. The Morgan fingerprint density at radius 1 is 1.26 bits per heavy atom. The third-order valence-electron chi connectivity index (χ3n) is 3.27. The Morgan fingerprint density at radius 2 is 2.00 bits per heavy atom. The second-order valence-corrected chi connectivity index (χ2v) is 4.56. The number of nitrogens with one attached hydrogen (secondary N) is 1. The Kier molecular flexibility index (Phi) is 2.41. The monoisotopic (exact) mass is 257 g/mol. The fourth-order valence-corrected chi connectivity index (χ4v) is 2.13. The van der Waals surface area contributed by atoms with E-state index in [1.54, 1.807) is 12.1 Å². The molecule has 5 heteroatoms. The molecule has 2 aliphatic carbocycles. The van der Waals surface area contributed by atoms with Crippen molar-refractivity contribution >= 4 is 11.7 Å². The van der Waals surface area contributed by atoms with E-state index in [2.05, 4.69) is 5.32 Å². The first-order valence-corrected chi connectivity index (χ1v) is 5.85. The van der Waals surface area contributed by atoms with Gasteiger partial charge in [-0.2, -0.15) is 0 Å². The Balaban J connectivity index is 1.85. The predicted molar refractivity (Wildman–Crippen MR) is 66.4 cm³/mol. The predicted octanol–water partition coefficient (Wildman–Crippen LogP) is 1.42. The highest BCUT2D eigenvalue weighted by molar-refractivity contribution is 6.03. The van der Waals surface area contributed by atoms with Gasteiger partial charge in [0.05, 0.1) is 17.2 Å². The van der Waals surface area contributed by atoms with Crippen molar-refractivity contribution in [2.24, 2.45) is 5.92 Å². The van der Waals surface area contributed by atoms with Crippen LogP contribution in [0, 0.1) is 5.92 Å². The maximum Gasteiger partial charge on any atom is 0.259 e. The van der Waals surface area contributed by atoms with Crippen molar-refractivity contribution in [3.63, 3.8) is 0 Å². The number of allylic oxidation sites excluding steroid dienone is 2. The molecule has 0 saturated heterocycles. The minimum atomic E-state index is -0.566. The van der Waals surface area contributed by atoms with Crippen LogP contribution in [0.25, 0.3) is 0 Å². The SMILES string of the molecule is O=C(NC1=CC(=O)[C@H]2CC2=C1O)c1ccccc1O. The Bertz CT molecular complexity index is 657. The second kappa shape index (κ2) is 3.98. The number of benzene rings is 1. The lowest BCUT2D eigenvalue weighted by Crippen LogP contribution is -2.26. The van der Waals surface area contributed by atoms with Gasteiger partial charge < -0.3 is 15.5 Å². The van der Waals surface area contributed by atoms with Crippen LogP contribution in [-0.4, -0.2) is 21.9 Å². The van der Waals surface area contributed by atoms with Crippen molar-refractivity contribution in [1.29, 1.82) is 0 Å². The molecule has 3 N–H and O–H groups in total. The normalized spacial score (nSPS) is 20.7. The average molecular weight is 257 g/mol. The van der Waals surface area contributed by atoms with E-state index in [0.717, 1.165) is 0 Å². The van der Waals surface area contributed by atoms with Crippen molar-refractivity contribution in [3.05, 3.63) is 52.9 Å². The Hall–Kier alpha value is -2.56. The molecule has 0 aliphatic heterocycles. The van der Waals surface area contributed by atoms with Crippen LogP contribution in [0.1, 0.15) is 16.8 Å². The fraction of sp³-hybridized carbons (Fsp3) is 0.143. The van der Waals surface area contributed by atoms with Crippen LogP contribution in [0.2, 0.25) is 0 Å². The molecule has 96 valence electrons. The maximum atomic E-state index is 11.9. The molecule has 1 aromatic carbocycles. The summed E-state index contributed by atoms with van der Waals surface area (Å²) < 4.78 is 0. The first-order chi connectivity index (χ1) is 9.08. The number of phenolic OH excluding ortho intramolecular Hbond substituents is 1. The number of hydrogen-bond donors (Lipinski definition) is 3. The molecule has 0 bridgehead atoms. The van der Waals surface area contributed by atoms with Gasteiger partial charge in [0.1, 0.15) is 11.5 Å². The van der Waals surface area contributed by atoms with E-state index in [0.29, 0.717) is 12.0 Å². The average Bonchev–Trinajstić information content (AvgIpc) is 3.17. The molecule has 5 nitrogen and oxygen atoms in total. The highest BCUT2D eigenvalue weighted by Crippen LogP contribution is 2.44. The van der Waals surface area contributed by atoms with Crippen molar-refractivity contribution in [2.45, 2.75) is 6.42 Å². The van der Waals surface area contributed by atoms with Crippen LogP contribution >= 0.6 is 0 Å². The zero-order valence-corrected chi connectivity index (χ0v) is 9.88. The van der Waals surface area contributed by atoms with E-state index in [1.807, 2.05) is 0 Å². The molecule has 0 spiro atoms. The molecule has 1 aromatic rings. The summed E-state index contributed by atoms with van der Waals surface area (Å²) in [4.78, 5) is 23.5. The smallest absolute Gasteiger partial charge is 0.259 e. The number of hydrogen-bond acceptors (Lipinski definition) is 4. The lowest BCUT2D eigenvalue weighted by molar-refractivity contribution is -0.115. The molecule has 1 fully saturated rings. The molecule has 3 rings (SSSR count). The van der Waals surface area contributed by atoms with Gasteiger partial charge in [0.2, 0.25) is 0 Å². The summed E-state index contributed by atoms with van der Waals surface area (Å²) in [5, 5.41) is 21.9. The van der Waals surface area contributed by atoms with Crippen LogP contribution in [0.3, 0.4) is 0 Å². The zero-order chi connectivity index (χ0) is 13.6. The first kappa shape index (κ1) is 11.5. The molecule has 19 heavy (non-hydrogen) atoms. The molecule has 2 aliphatic rings. The van der Waals surface area contributed by atoms with Gasteiger partial charge in [0, 0.05) is 6.08 Å². The number of amides is 1. The van der Waals surface area contributed by atoms with Gasteiger partial charge in [-0.25, -0.2) is 0 Å². The van der Waals surface area contributed by atoms with Gasteiger partial charge in [-0.1, -0.05) is 12.1 Å². The lowest BCUT2D eigenvalue weighted by atomic mass is 10.1. The number of carbonyl (C=O) groups is 2. The molecule has 1 amide bonds. The van der Waals surface area contributed by atoms with E-state index in [4.69, 9.17) is 0 Å². The number of fused-ring (bicyclic) bond motifs is 1. The molecule has 1 saturated carbocycles. The van der Waals surface area contributed by atoms with Gasteiger partial charge in [-0.15, -0.1) is 0 Å². The second-order valence-electron chi connectivity index (χ2n) is 4.56. The molecule has 1 atom stereocenters. The number of carbonyl (C=O) groups excluding carboxylic acids is 2. The molecular weight excluding hydrogens is 246 g/mol. The highest BCUT2D eigenvalue weighted by atomic mass is 16.3. The molecule has 0 unspecified atom stereocenters. The van der Waals surface area contributed by atoms with Gasteiger partial charge in [0.25, 0.3) is 5.91 Å². The Morgan fingerprint density at radius 3 is 2.74 bits per heavy atom. The van der Waals surface area contributed by atoms with Crippen LogP contribution in [0.4, 0.5) is 0 Å². The number of aromatic hydroxyl groups is 1. The topological polar surface area (TPSA) is 86.6 Å². The molecule has 0 heterocycles. The van der Waals surface area contributed by atoms with Crippen LogP contribution < -0.4 is 5.32 Å². The number of phenols is 1. The largest absolute Gasteiger partial charge is 0.507 e. The van der Waals surface area contributed by atoms with Crippen LogP contribution in [-0.2, 0) is 4.79 Å². The molecule has 0 aromatic heterocycles. The van der Waals surface area contributed by atoms with Crippen molar-refractivity contribution in [3.8, 4) is 5.75 Å². The summed E-state index contributed by atoms with van der Waals surface area (Å²) in [6.07, 6.45) is 1.78. The van der Waals surface area contributed by atoms with E-state index >= 15 is 0 Å². The van der Waals surface area contributed by atoms with E-state index in [-0.39, 0.29) is 34.5 Å². The molecule has 0 radical (unpaired) electrons. The highest BCUT2D eigenvalue weighted by Gasteiger charge is 2.43. The number of ketones is 1. The first-order valence-electron chi connectivity index (χ1n) is 5.85. The van der Waals surface area contributed by atoms with Crippen molar-refractivity contribution in [2.75, 3.05) is 0 Å². The quantitative estimate of drug-likeness (QED) is 0.747. The summed E-state index contributed by atoms with van der Waals surface area (Å²) in [7, 11) is 0. The van der Waals surface area contributed by atoms with Gasteiger partial charge >= 0.3 is 0 Å². The standard InChI is InChI=1S/C14H11NO4/c16-11-4-2-1-3-7(11)14(19)15-10-6-12(17)8-5-9(8)13(10)18/h1-4,6,8,16,18H,5H2,(H,15,19)/t8-/m0/s1. The lowest BCUT2D eigenvalue weighted by Gasteiger charge is -2.12. The van der Waals surface area contributed by atoms with Gasteiger partial charge in [-0.05, 0) is 24.1 Å². The van der Waals surface area contributed by atoms with Crippen LogP contribution in [0.15, 0.2) is 47.4 Å². The number of rotatable bonds is 2. The molecular formula is C14H11NO4. The van der Waals surface area contributed by atoms with Gasteiger partial charge in [0.15, 0.2) is 5.78 Å². The third kappa shape index (κ3) is 1.89. The van der Waals surface area contributed by atoms with E-state index < -0.39 is 5.91 Å². The number of aliphatic hydroxyl groups is 1. The summed E-state index contributed by atoms with van der Waals surface area (Å²) >= 11 is 0. The van der Waals surface area contributed by atoms with E-state index in [9.17, 15) is 19.8 Å². The van der Waals surface area contributed by atoms with Gasteiger partial charge in [-0.3, -0.25) is 9.59 Å². The number of aliphatic hydroxyl groups excluding tert-OH is 1. The zero-order valence-electron chi connectivity index (χ0n) is 9.88. The summed E-state index contributed by atoms with van der Waals surface area (Å²) in [6.45, 7) is 0. The minimum absolute atomic E-state index is 0.0339. The summed E-state index contributed by atoms with van der Waals surface area (Å²) in [5.41, 5.74) is 0.855. The van der Waals surface area contributed by atoms with E-state index in [1.165, 1.54) is 18.2 Å². The minimum Gasteiger partial charge on any atom is -0.507 e. The maximum absolute atomic E-state index is 11.9. The van der Waals surface area contributed by atoms with Crippen LogP contribution in [0.5, 0.6) is 5.75 Å². The number of para-hydroxylation sites is 1. The summed E-state index contributed by atoms with van der Waals surface area (Å²) in [5.74, 6) is -1.07. The van der Waals surface area contributed by atoms with Crippen molar-refractivity contribution < 1.29 is 19.8 Å². The Labute approximate surface area is 108 Å². The fourth-order valence-electron chi connectivity index (χ4n) is 2.13.